The molecule has 0 saturated heterocycles. The standard InChI is InChI=1S/C21H20N2O4/c24-20(23-19-11-4-10-18-17(19)9-5-13-22-18)15-27-21(25)12-6-14-26-16-7-2-1-3-8-16/h1-5,7-11,13H,6,12,14-15H2,(H,23,24). The molecule has 1 amide bonds. The molecule has 0 bridgehead atoms. The fourth-order valence-corrected chi connectivity index (χ4v) is 2.54. The third-order valence-electron chi connectivity index (χ3n) is 3.82. The molecule has 1 heterocycles. The van der Waals surface area contributed by atoms with Crippen LogP contribution in [0.5, 0.6) is 5.75 Å². The van der Waals surface area contributed by atoms with Gasteiger partial charge in [0.15, 0.2) is 6.61 Å². The first-order valence-electron chi connectivity index (χ1n) is 8.69. The van der Waals surface area contributed by atoms with Crippen LogP contribution in [0.3, 0.4) is 0 Å². The van der Waals surface area contributed by atoms with Gasteiger partial charge in [-0.2, -0.15) is 0 Å². The maximum atomic E-state index is 12.0. The van der Waals surface area contributed by atoms with Crippen LogP contribution in [0.25, 0.3) is 10.9 Å². The van der Waals surface area contributed by atoms with E-state index in [-0.39, 0.29) is 18.9 Å². The summed E-state index contributed by atoms with van der Waals surface area (Å²) in [5.41, 5.74) is 1.42. The van der Waals surface area contributed by atoms with Gasteiger partial charge in [-0.25, -0.2) is 0 Å². The third kappa shape index (κ3) is 5.54. The molecule has 0 aliphatic carbocycles. The Hall–Kier alpha value is -3.41. The number of ether oxygens (including phenoxy) is 2. The number of amides is 1. The minimum Gasteiger partial charge on any atom is -0.494 e. The molecule has 0 atom stereocenters. The number of benzene rings is 2. The summed E-state index contributed by atoms with van der Waals surface area (Å²) in [5.74, 6) is -0.0588. The van der Waals surface area contributed by atoms with Gasteiger partial charge in [0.2, 0.25) is 0 Å². The first kappa shape index (κ1) is 18.4. The number of esters is 1. The lowest BCUT2D eigenvalue weighted by atomic mass is 10.2. The molecule has 0 saturated carbocycles. The van der Waals surface area contributed by atoms with E-state index in [0.29, 0.717) is 18.7 Å². The second-order valence-electron chi connectivity index (χ2n) is 5.85. The van der Waals surface area contributed by atoms with E-state index in [0.717, 1.165) is 16.7 Å². The Bertz CT molecular complexity index is 907. The Morgan fingerprint density at radius 2 is 1.81 bits per heavy atom. The van der Waals surface area contributed by atoms with Crippen molar-refractivity contribution < 1.29 is 19.1 Å². The zero-order valence-electron chi connectivity index (χ0n) is 14.8. The Balaban J connectivity index is 1.39. The van der Waals surface area contributed by atoms with E-state index < -0.39 is 5.97 Å². The van der Waals surface area contributed by atoms with Crippen molar-refractivity contribution in [2.24, 2.45) is 0 Å². The van der Waals surface area contributed by atoms with Crippen molar-refractivity contribution in [3.05, 3.63) is 66.9 Å². The Labute approximate surface area is 157 Å². The van der Waals surface area contributed by atoms with Crippen molar-refractivity contribution in [2.45, 2.75) is 12.8 Å². The second kappa shape index (κ2) is 9.33. The van der Waals surface area contributed by atoms with Crippen molar-refractivity contribution in [1.29, 1.82) is 0 Å². The molecule has 138 valence electrons. The van der Waals surface area contributed by atoms with Gasteiger partial charge in [0.25, 0.3) is 5.91 Å². The maximum absolute atomic E-state index is 12.0. The highest BCUT2D eigenvalue weighted by Crippen LogP contribution is 2.21. The highest BCUT2D eigenvalue weighted by Gasteiger charge is 2.10. The normalized spacial score (nSPS) is 10.4. The molecule has 1 N–H and O–H groups in total. The van der Waals surface area contributed by atoms with Gasteiger partial charge < -0.3 is 14.8 Å². The number of fused-ring (bicyclic) bond motifs is 1. The first-order valence-corrected chi connectivity index (χ1v) is 8.69. The lowest BCUT2D eigenvalue weighted by Crippen LogP contribution is -2.21. The number of aromatic nitrogens is 1. The number of hydrogen-bond acceptors (Lipinski definition) is 5. The molecule has 6 nitrogen and oxygen atoms in total. The Morgan fingerprint density at radius 3 is 2.67 bits per heavy atom. The van der Waals surface area contributed by atoms with Gasteiger partial charge in [0.1, 0.15) is 5.75 Å². The minimum absolute atomic E-state index is 0.193. The Kier molecular flexibility index (Phi) is 6.35. The molecule has 0 radical (unpaired) electrons. The second-order valence-corrected chi connectivity index (χ2v) is 5.85. The molecule has 0 unspecified atom stereocenters. The number of carbonyl (C=O) groups excluding carboxylic acids is 2. The maximum Gasteiger partial charge on any atom is 0.306 e. The topological polar surface area (TPSA) is 77.5 Å². The quantitative estimate of drug-likeness (QED) is 0.488. The molecule has 3 rings (SSSR count). The van der Waals surface area contributed by atoms with Crippen LogP contribution in [0.4, 0.5) is 5.69 Å². The van der Waals surface area contributed by atoms with Crippen molar-refractivity contribution in [3.8, 4) is 5.75 Å². The van der Waals surface area contributed by atoms with Gasteiger partial charge in [0, 0.05) is 18.0 Å². The fraction of sp³-hybridized carbons (Fsp3) is 0.190. The molecule has 0 aliphatic rings. The molecule has 0 aliphatic heterocycles. The summed E-state index contributed by atoms with van der Waals surface area (Å²) in [7, 11) is 0. The summed E-state index contributed by atoms with van der Waals surface area (Å²) >= 11 is 0. The van der Waals surface area contributed by atoms with E-state index in [1.54, 1.807) is 18.3 Å². The van der Waals surface area contributed by atoms with E-state index in [1.165, 1.54) is 0 Å². The monoisotopic (exact) mass is 364 g/mol. The summed E-state index contributed by atoms with van der Waals surface area (Å²) < 4.78 is 10.5. The zero-order chi connectivity index (χ0) is 18.9. The molecule has 27 heavy (non-hydrogen) atoms. The largest absolute Gasteiger partial charge is 0.494 e. The van der Waals surface area contributed by atoms with Crippen LogP contribution in [0, 0.1) is 0 Å². The molecular weight excluding hydrogens is 344 g/mol. The summed E-state index contributed by atoms with van der Waals surface area (Å²) in [6, 6.07) is 18.5. The molecule has 1 aromatic heterocycles. The van der Waals surface area contributed by atoms with Crippen LogP contribution in [-0.2, 0) is 14.3 Å². The van der Waals surface area contributed by atoms with E-state index in [9.17, 15) is 9.59 Å². The van der Waals surface area contributed by atoms with Gasteiger partial charge in [-0.05, 0) is 42.8 Å². The molecule has 0 fully saturated rings. The van der Waals surface area contributed by atoms with Crippen molar-refractivity contribution in [1.82, 2.24) is 4.98 Å². The molecule has 0 spiro atoms. The van der Waals surface area contributed by atoms with Crippen LogP contribution in [0.15, 0.2) is 66.9 Å². The SMILES string of the molecule is O=C(COC(=O)CCCOc1ccccc1)Nc1cccc2ncccc12. The summed E-state index contributed by atoms with van der Waals surface area (Å²) in [5, 5.41) is 3.58. The van der Waals surface area contributed by atoms with E-state index >= 15 is 0 Å². The van der Waals surface area contributed by atoms with Crippen molar-refractivity contribution >= 4 is 28.5 Å². The number of hydrogen-bond donors (Lipinski definition) is 1. The number of rotatable bonds is 8. The number of anilines is 1. The minimum atomic E-state index is -0.429. The molecular formula is C21H20N2O4. The number of nitrogens with zero attached hydrogens (tertiary/aromatic N) is 1. The number of nitrogens with one attached hydrogen (secondary N) is 1. The van der Waals surface area contributed by atoms with Crippen molar-refractivity contribution in [3.63, 3.8) is 0 Å². The molecule has 6 heteroatoms. The van der Waals surface area contributed by atoms with E-state index in [1.807, 2.05) is 48.5 Å². The molecule has 3 aromatic rings. The number of pyridine rings is 1. The lowest BCUT2D eigenvalue weighted by molar-refractivity contribution is -0.147. The van der Waals surface area contributed by atoms with Crippen LogP contribution in [0.2, 0.25) is 0 Å². The summed E-state index contributed by atoms with van der Waals surface area (Å²) in [6.07, 6.45) is 2.40. The van der Waals surface area contributed by atoms with Crippen molar-refractivity contribution in [2.75, 3.05) is 18.5 Å². The summed E-state index contributed by atoms with van der Waals surface area (Å²) in [6.45, 7) is 0.0866. The number of para-hydroxylation sites is 1. The molecule has 2 aromatic carbocycles. The zero-order valence-corrected chi connectivity index (χ0v) is 14.8. The van der Waals surface area contributed by atoms with Crippen LogP contribution >= 0.6 is 0 Å². The lowest BCUT2D eigenvalue weighted by Gasteiger charge is -2.09. The predicted molar refractivity (Wildman–Crippen MR) is 103 cm³/mol. The van der Waals surface area contributed by atoms with Crippen LogP contribution < -0.4 is 10.1 Å². The fourth-order valence-electron chi connectivity index (χ4n) is 2.54. The van der Waals surface area contributed by atoms with Crippen LogP contribution in [0.1, 0.15) is 12.8 Å². The summed E-state index contributed by atoms with van der Waals surface area (Å²) in [4.78, 5) is 28.0. The average molecular weight is 364 g/mol. The van der Waals surface area contributed by atoms with Gasteiger partial charge in [-0.15, -0.1) is 0 Å². The Morgan fingerprint density at radius 1 is 0.963 bits per heavy atom. The first-order chi connectivity index (χ1) is 13.2. The van der Waals surface area contributed by atoms with Gasteiger partial charge in [-0.3, -0.25) is 14.6 Å². The van der Waals surface area contributed by atoms with E-state index in [4.69, 9.17) is 9.47 Å². The van der Waals surface area contributed by atoms with Gasteiger partial charge in [0.05, 0.1) is 17.8 Å². The smallest absolute Gasteiger partial charge is 0.306 e. The number of carbonyl (C=O) groups is 2. The van der Waals surface area contributed by atoms with Crippen LogP contribution in [-0.4, -0.2) is 30.1 Å². The average Bonchev–Trinajstić information content (AvgIpc) is 2.71. The van der Waals surface area contributed by atoms with Gasteiger partial charge in [-0.1, -0.05) is 24.3 Å². The highest BCUT2D eigenvalue weighted by atomic mass is 16.5. The van der Waals surface area contributed by atoms with E-state index in [2.05, 4.69) is 10.3 Å². The van der Waals surface area contributed by atoms with Gasteiger partial charge >= 0.3 is 5.97 Å². The third-order valence-corrected chi connectivity index (χ3v) is 3.82. The highest BCUT2D eigenvalue weighted by molar-refractivity contribution is 6.01. The predicted octanol–water partition coefficient (Wildman–Crippen LogP) is 3.58.